The van der Waals surface area contributed by atoms with Crippen molar-refractivity contribution in [3.8, 4) is 16.9 Å². The Balaban J connectivity index is 2.05. The first kappa shape index (κ1) is 15.5. The van der Waals surface area contributed by atoms with Crippen LogP contribution in [0.2, 0.25) is 0 Å². The highest BCUT2D eigenvalue weighted by Gasteiger charge is 2.10. The van der Waals surface area contributed by atoms with Crippen LogP contribution in [0.1, 0.15) is 11.1 Å². The van der Waals surface area contributed by atoms with Gasteiger partial charge in [-0.25, -0.2) is 13.6 Å². The van der Waals surface area contributed by atoms with Crippen molar-refractivity contribution in [1.29, 1.82) is 0 Å². The van der Waals surface area contributed by atoms with Gasteiger partial charge in [-0.2, -0.15) is 0 Å². The lowest BCUT2D eigenvalue weighted by molar-refractivity contribution is 0.598. The molecule has 0 atom stereocenters. The Kier molecular flexibility index (Phi) is 3.83. The summed E-state index contributed by atoms with van der Waals surface area (Å²) in [4.78, 5) is 0.112. The van der Waals surface area contributed by atoms with E-state index in [9.17, 15) is 8.42 Å². The maximum absolute atomic E-state index is 11.4. The summed E-state index contributed by atoms with van der Waals surface area (Å²) < 4.78 is 24.7. The van der Waals surface area contributed by atoms with E-state index in [1.54, 1.807) is 12.1 Å². The molecule has 2 aromatic carbocycles. The third kappa shape index (κ3) is 3.06. The van der Waals surface area contributed by atoms with E-state index in [4.69, 9.17) is 5.14 Å². The van der Waals surface area contributed by atoms with E-state index < -0.39 is 10.0 Å². The zero-order chi connectivity index (χ0) is 16.6. The fraction of sp³-hybridized carbons (Fsp3) is 0.111. The Labute approximate surface area is 136 Å². The lowest BCUT2D eigenvalue weighted by atomic mass is 10.0. The van der Waals surface area contributed by atoms with Gasteiger partial charge in [-0.3, -0.25) is 0 Å². The molecule has 23 heavy (non-hydrogen) atoms. The van der Waals surface area contributed by atoms with Crippen LogP contribution in [0.5, 0.6) is 0 Å². The molecule has 3 aromatic rings. The van der Waals surface area contributed by atoms with Crippen molar-refractivity contribution in [2.24, 2.45) is 5.14 Å². The third-order valence-corrected chi connectivity index (χ3v) is 4.92. The maximum atomic E-state index is 11.4. The Morgan fingerprint density at radius 2 is 1.61 bits per heavy atom. The molecule has 0 aliphatic carbocycles. The van der Waals surface area contributed by atoms with E-state index >= 15 is 0 Å². The fourth-order valence-corrected chi connectivity index (χ4v) is 3.05. The molecule has 0 radical (unpaired) electrons. The highest BCUT2D eigenvalue weighted by atomic mass is 32.2. The number of nitrogens with two attached hydrogens (primary N) is 1. The Morgan fingerprint density at radius 3 is 2.22 bits per heavy atom. The van der Waals surface area contributed by atoms with E-state index in [0.717, 1.165) is 16.9 Å². The quantitative estimate of drug-likeness (QED) is 0.801. The van der Waals surface area contributed by atoms with E-state index in [-0.39, 0.29) is 4.90 Å². The van der Waals surface area contributed by atoms with Crippen LogP contribution in [0, 0.1) is 13.8 Å². The average Bonchev–Trinajstić information content (AvgIpc) is 2.99. The van der Waals surface area contributed by atoms with Crippen LogP contribution in [0.4, 0.5) is 0 Å². The maximum Gasteiger partial charge on any atom is 0.238 e. The molecule has 118 valence electrons. The molecule has 2 N–H and O–H groups in total. The minimum atomic E-state index is -3.67. The van der Waals surface area contributed by atoms with Gasteiger partial charge >= 0.3 is 0 Å². The molecule has 0 fully saturated rings. The SMILES string of the molecule is Cc1ccc(-c2cccn2-c2ccc(S(N)(=O)=O)cc2)cc1C. The van der Waals surface area contributed by atoms with Gasteiger partial charge in [0, 0.05) is 11.9 Å². The summed E-state index contributed by atoms with van der Waals surface area (Å²) in [6, 6.07) is 16.9. The van der Waals surface area contributed by atoms with Crippen molar-refractivity contribution >= 4 is 10.0 Å². The molecular weight excluding hydrogens is 308 g/mol. The van der Waals surface area contributed by atoms with Crippen LogP contribution in [-0.2, 0) is 10.0 Å². The molecule has 4 nitrogen and oxygen atoms in total. The lowest BCUT2D eigenvalue weighted by Gasteiger charge is -2.11. The van der Waals surface area contributed by atoms with Crippen molar-refractivity contribution < 1.29 is 8.42 Å². The topological polar surface area (TPSA) is 65.1 Å². The largest absolute Gasteiger partial charge is 0.317 e. The molecule has 0 spiro atoms. The molecule has 1 heterocycles. The van der Waals surface area contributed by atoms with Crippen LogP contribution in [0.15, 0.2) is 65.7 Å². The monoisotopic (exact) mass is 326 g/mol. The van der Waals surface area contributed by atoms with Crippen molar-refractivity contribution in [1.82, 2.24) is 4.57 Å². The number of rotatable bonds is 3. The van der Waals surface area contributed by atoms with Crippen molar-refractivity contribution in [3.63, 3.8) is 0 Å². The number of benzene rings is 2. The summed E-state index contributed by atoms with van der Waals surface area (Å²) in [6.07, 6.45) is 1.95. The Bertz CT molecular complexity index is 955. The van der Waals surface area contributed by atoms with Crippen LogP contribution >= 0.6 is 0 Å². The van der Waals surface area contributed by atoms with Crippen LogP contribution < -0.4 is 5.14 Å². The summed E-state index contributed by atoms with van der Waals surface area (Å²) >= 11 is 0. The second-order valence-corrected chi connectivity index (χ2v) is 7.16. The first-order valence-electron chi connectivity index (χ1n) is 7.24. The van der Waals surface area contributed by atoms with Gasteiger partial charge in [0.05, 0.1) is 10.6 Å². The van der Waals surface area contributed by atoms with Crippen LogP contribution in [-0.4, -0.2) is 13.0 Å². The number of sulfonamides is 1. The molecule has 0 saturated heterocycles. The van der Waals surface area contributed by atoms with Gasteiger partial charge in [-0.1, -0.05) is 12.1 Å². The van der Waals surface area contributed by atoms with Crippen LogP contribution in [0.3, 0.4) is 0 Å². The minimum absolute atomic E-state index is 0.112. The smallest absolute Gasteiger partial charge is 0.238 e. The second kappa shape index (κ2) is 5.68. The van der Waals surface area contributed by atoms with Crippen molar-refractivity contribution in [2.45, 2.75) is 18.7 Å². The number of aromatic nitrogens is 1. The number of nitrogens with zero attached hydrogens (tertiary/aromatic N) is 1. The van der Waals surface area contributed by atoms with Crippen LogP contribution in [0.25, 0.3) is 16.9 Å². The summed E-state index contributed by atoms with van der Waals surface area (Å²) in [5, 5.41) is 5.14. The molecule has 0 saturated carbocycles. The summed E-state index contributed by atoms with van der Waals surface area (Å²) in [6.45, 7) is 4.18. The van der Waals surface area contributed by atoms with Gasteiger partial charge in [-0.15, -0.1) is 0 Å². The molecule has 0 unspecified atom stereocenters. The van der Waals surface area contributed by atoms with Crippen molar-refractivity contribution in [2.75, 3.05) is 0 Å². The highest BCUT2D eigenvalue weighted by molar-refractivity contribution is 7.89. The normalized spacial score (nSPS) is 11.6. The highest BCUT2D eigenvalue weighted by Crippen LogP contribution is 2.26. The van der Waals surface area contributed by atoms with Gasteiger partial charge in [0.1, 0.15) is 0 Å². The van der Waals surface area contributed by atoms with Crippen molar-refractivity contribution in [3.05, 3.63) is 71.9 Å². The second-order valence-electron chi connectivity index (χ2n) is 5.60. The van der Waals surface area contributed by atoms with Gasteiger partial charge in [0.25, 0.3) is 0 Å². The first-order valence-corrected chi connectivity index (χ1v) is 8.79. The van der Waals surface area contributed by atoms with E-state index in [0.29, 0.717) is 0 Å². The molecule has 5 heteroatoms. The predicted molar refractivity (Wildman–Crippen MR) is 92.1 cm³/mol. The first-order chi connectivity index (χ1) is 10.9. The van der Waals surface area contributed by atoms with Gasteiger partial charge < -0.3 is 4.57 Å². The Hall–Kier alpha value is -2.37. The molecule has 3 rings (SSSR count). The number of hydrogen-bond donors (Lipinski definition) is 1. The standard InChI is InChI=1S/C18H18N2O2S/c1-13-5-6-15(12-14(13)2)18-4-3-11-20(18)16-7-9-17(10-8-16)23(19,21)22/h3-12H,1-2H3,(H2,19,21,22). The molecule has 0 amide bonds. The predicted octanol–water partition coefficient (Wildman–Crippen LogP) is 3.41. The fourth-order valence-electron chi connectivity index (χ4n) is 2.54. The molecule has 1 aromatic heterocycles. The number of primary sulfonamides is 1. The molecule has 0 aliphatic heterocycles. The number of hydrogen-bond acceptors (Lipinski definition) is 2. The molecular formula is C18H18N2O2S. The van der Waals surface area contributed by atoms with E-state index in [1.165, 1.54) is 23.3 Å². The van der Waals surface area contributed by atoms with Gasteiger partial charge in [0.15, 0.2) is 0 Å². The van der Waals surface area contributed by atoms with Gasteiger partial charge in [-0.05, 0) is 73.0 Å². The molecule has 0 bridgehead atoms. The molecule has 0 aliphatic rings. The third-order valence-electron chi connectivity index (χ3n) is 3.99. The lowest BCUT2D eigenvalue weighted by Crippen LogP contribution is -2.12. The zero-order valence-electron chi connectivity index (χ0n) is 13.0. The Morgan fingerprint density at radius 1 is 0.913 bits per heavy atom. The van der Waals surface area contributed by atoms with Gasteiger partial charge in [0.2, 0.25) is 10.0 Å². The van der Waals surface area contributed by atoms with E-state index in [2.05, 4.69) is 32.0 Å². The average molecular weight is 326 g/mol. The minimum Gasteiger partial charge on any atom is -0.317 e. The summed E-state index contributed by atoms with van der Waals surface area (Å²) in [7, 11) is -3.67. The summed E-state index contributed by atoms with van der Waals surface area (Å²) in [5.74, 6) is 0. The zero-order valence-corrected chi connectivity index (χ0v) is 13.8. The number of aryl methyl sites for hydroxylation is 2. The summed E-state index contributed by atoms with van der Waals surface area (Å²) in [5.41, 5.74) is 5.55. The van der Waals surface area contributed by atoms with E-state index in [1.807, 2.05) is 22.9 Å².